The first-order chi connectivity index (χ1) is 5.29. The lowest BCUT2D eigenvalue weighted by Gasteiger charge is -2.01. The zero-order valence-corrected chi connectivity index (χ0v) is 6.11. The number of aryl methyl sites for hydroxylation is 1. The van der Waals surface area contributed by atoms with E-state index >= 15 is 0 Å². The summed E-state index contributed by atoms with van der Waals surface area (Å²) in [6, 6.07) is 0. The number of rotatable bonds is 0. The van der Waals surface area contributed by atoms with Crippen LogP contribution in [0.3, 0.4) is 0 Å². The maximum Gasteiger partial charge on any atom is 0.205 e. The number of fused-ring (bicyclic) bond motifs is 1. The second-order valence-electron chi connectivity index (χ2n) is 2.48. The summed E-state index contributed by atoms with van der Waals surface area (Å²) in [5.74, 6) is -0.00116. The SMILES string of the molecule is Cn1nnc2c1C(=O)C=CC2. The van der Waals surface area contributed by atoms with Crippen LogP contribution in [0.4, 0.5) is 0 Å². The fourth-order valence-corrected chi connectivity index (χ4v) is 1.20. The minimum absolute atomic E-state index is 0.00116. The average Bonchev–Trinajstić information content (AvgIpc) is 2.34. The normalized spacial score (nSPS) is 15.2. The Morgan fingerprint density at radius 2 is 2.45 bits per heavy atom. The molecule has 0 atom stereocenters. The smallest absolute Gasteiger partial charge is 0.205 e. The van der Waals surface area contributed by atoms with Gasteiger partial charge in [-0.1, -0.05) is 11.3 Å². The van der Waals surface area contributed by atoms with E-state index in [-0.39, 0.29) is 5.78 Å². The van der Waals surface area contributed by atoms with Crippen LogP contribution in [0, 0.1) is 0 Å². The molecule has 4 heteroatoms. The Labute approximate surface area is 63.5 Å². The van der Waals surface area contributed by atoms with Gasteiger partial charge < -0.3 is 0 Å². The molecule has 0 amide bonds. The fourth-order valence-electron chi connectivity index (χ4n) is 1.20. The van der Waals surface area contributed by atoms with E-state index in [9.17, 15) is 4.79 Å². The van der Waals surface area contributed by atoms with Gasteiger partial charge in [-0.15, -0.1) is 5.10 Å². The summed E-state index contributed by atoms with van der Waals surface area (Å²) in [5, 5.41) is 7.60. The summed E-state index contributed by atoms with van der Waals surface area (Å²) in [5.41, 5.74) is 1.40. The molecule has 1 aliphatic carbocycles. The number of allylic oxidation sites excluding steroid dienone is 2. The van der Waals surface area contributed by atoms with E-state index < -0.39 is 0 Å². The van der Waals surface area contributed by atoms with Crippen molar-refractivity contribution >= 4 is 5.78 Å². The highest BCUT2D eigenvalue weighted by molar-refractivity contribution is 6.04. The molecule has 0 unspecified atom stereocenters. The van der Waals surface area contributed by atoms with Gasteiger partial charge in [0.05, 0.1) is 5.69 Å². The van der Waals surface area contributed by atoms with Crippen LogP contribution in [-0.2, 0) is 13.5 Å². The second-order valence-corrected chi connectivity index (χ2v) is 2.48. The number of hydrogen-bond donors (Lipinski definition) is 0. The lowest BCUT2D eigenvalue weighted by molar-refractivity contribution is 0.103. The molecular formula is C7H7N3O. The van der Waals surface area contributed by atoms with Crippen LogP contribution in [0.5, 0.6) is 0 Å². The van der Waals surface area contributed by atoms with Crippen molar-refractivity contribution in [2.75, 3.05) is 0 Å². The zero-order valence-electron chi connectivity index (χ0n) is 6.11. The van der Waals surface area contributed by atoms with Crippen LogP contribution >= 0.6 is 0 Å². The average molecular weight is 149 g/mol. The van der Waals surface area contributed by atoms with E-state index in [0.29, 0.717) is 5.69 Å². The van der Waals surface area contributed by atoms with Gasteiger partial charge in [-0.05, 0) is 6.08 Å². The summed E-state index contributed by atoms with van der Waals surface area (Å²) >= 11 is 0. The molecular weight excluding hydrogens is 142 g/mol. The molecule has 4 nitrogen and oxygen atoms in total. The zero-order chi connectivity index (χ0) is 7.84. The topological polar surface area (TPSA) is 47.8 Å². The molecule has 0 aromatic carbocycles. The Hall–Kier alpha value is -1.45. The molecule has 0 radical (unpaired) electrons. The molecule has 11 heavy (non-hydrogen) atoms. The van der Waals surface area contributed by atoms with Crippen molar-refractivity contribution in [2.45, 2.75) is 6.42 Å². The molecule has 2 rings (SSSR count). The molecule has 0 saturated heterocycles. The van der Waals surface area contributed by atoms with Gasteiger partial charge in [-0.2, -0.15) is 0 Å². The summed E-state index contributed by atoms with van der Waals surface area (Å²) < 4.78 is 1.52. The Kier molecular flexibility index (Phi) is 1.15. The number of ketones is 1. The fraction of sp³-hybridized carbons (Fsp3) is 0.286. The van der Waals surface area contributed by atoms with Gasteiger partial charge >= 0.3 is 0 Å². The number of aromatic nitrogens is 3. The molecule has 56 valence electrons. The van der Waals surface area contributed by atoms with Crippen molar-refractivity contribution in [2.24, 2.45) is 7.05 Å². The minimum atomic E-state index is -0.00116. The molecule has 0 saturated carbocycles. The maximum absolute atomic E-state index is 11.2. The van der Waals surface area contributed by atoms with Gasteiger partial charge in [0.25, 0.3) is 0 Å². The van der Waals surface area contributed by atoms with Gasteiger partial charge in [0, 0.05) is 13.5 Å². The third-order valence-electron chi connectivity index (χ3n) is 1.71. The van der Waals surface area contributed by atoms with Gasteiger partial charge in [0.15, 0.2) is 0 Å². The first kappa shape index (κ1) is 6.27. The van der Waals surface area contributed by atoms with Crippen molar-refractivity contribution in [1.82, 2.24) is 15.0 Å². The standard InChI is InChI=1S/C7H7N3O/c1-10-7-5(8-9-10)3-2-4-6(7)11/h2,4H,3H2,1H3. The minimum Gasteiger partial charge on any atom is -0.287 e. The molecule has 0 spiro atoms. The van der Waals surface area contributed by atoms with Crippen molar-refractivity contribution < 1.29 is 4.79 Å². The first-order valence-corrected chi connectivity index (χ1v) is 3.38. The van der Waals surface area contributed by atoms with Crippen molar-refractivity contribution in [3.8, 4) is 0 Å². The maximum atomic E-state index is 11.2. The third-order valence-corrected chi connectivity index (χ3v) is 1.71. The van der Waals surface area contributed by atoms with Gasteiger partial charge in [0.2, 0.25) is 5.78 Å². The molecule has 1 aromatic heterocycles. The predicted molar refractivity (Wildman–Crippen MR) is 38.2 cm³/mol. The van der Waals surface area contributed by atoms with E-state index in [1.165, 1.54) is 4.68 Å². The molecule has 0 fully saturated rings. The highest BCUT2D eigenvalue weighted by Gasteiger charge is 2.18. The van der Waals surface area contributed by atoms with Gasteiger partial charge in [-0.3, -0.25) is 4.79 Å². The van der Waals surface area contributed by atoms with Crippen LogP contribution in [0.1, 0.15) is 16.2 Å². The molecule has 0 N–H and O–H groups in total. The summed E-state index contributed by atoms with van der Waals surface area (Å²) in [6.07, 6.45) is 4.08. The molecule has 0 aliphatic heterocycles. The monoisotopic (exact) mass is 149 g/mol. The Balaban J connectivity index is 2.63. The largest absolute Gasteiger partial charge is 0.287 e. The van der Waals surface area contributed by atoms with E-state index in [1.807, 2.05) is 0 Å². The lowest BCUT2D eigenvalue weighted by Crippen LogP contribution is -2.09. The van der Waals surface area contributed by atoms with Gasteiger partial charge in [-0.25, -0.2) is 4.68 Å². The first-order valence-electron chi connectivity index (χ1n) is 3.38. The predicted octanol–water partition coefficient (Wildman–Crippen LogP) is 0.110. The Bertz CT molecular complexity index is 337. The number of carbonyl (C=O) groups is 1. The Morgan fingerprint density at radius 1 is 1.64 bits per heavy atom. The third kappa shape index (κ3) is 0.790. The molecule has 1 aromatic rings. The van der Waals surface area contributed by atoms with Gasteiger partial charge in [0.1, 0.15) is 5.69 Å². The summed E-state index contributed by atoms with van der Waals surface area (Å²) in [6.45, 7) is 0. The number of nitrogens with zero attached hydrogens (tertiary/aromatic N) is 3. The second kappa shape index (κ2) is 2.02. The van der Waals surface area contributed by atoms with E-state index in [0.717, 1.165) is 12.1 Å². The highest BCUT2D eigenvalue weighted by Crippen LogP contribution is 2.11. The van der Waals surface area contributed by atoms with Crippen LogP contribution < -0.4 is 0 Å². The van der Waals surface area contributed by atoms with Crippen LogP contribution in [0.15, 0.2) is 12.2 Å². The summed E-state index contributed by atoms with van der Waals surface area (Å²) in [4.78, 5) is 11.2. The van der Waals surface area contributed by atoms with E-state index in [2.05, 4.69) is 10.3 Å². The van der Waals surface area contributed by atoms with E-state index in [1.54, 1.807) is 19.2 Å². The molecule has 1 heterocycles. The van der Waals surface area contributed by atoms with Crippen molar-refractivity contribution in [1.29, 1.82) is 0 Å². The molecule has 1 aliphatic rings. The van der Waals surface area contributed by atoms with Crippen LogP contribution in [-0.4, -0.2) is 20.8 Å². The van der Waals surface area contributed by atoms with Crippen LogP contribution in [0.2, 0.25) is 0 Å². The van der Waals surface area contributed by atoms with Crippen LogP contribution in [0.25, 0.3) is 0 Å². The lowest BCUT2D eigenvalue weighted by atomic mass is 10.1. The van der Waals surface area contributed by atoms with E-state index in [4.69, 9.17) is 0 Å². The number of hydrogen-bond acceptors (Lipinski definition) is 3. The highest BCUT2D eigenvalue weighted by atomic mass is 16.1. The van der Waals surface area contributed by atoms with Crippen molar-refractivity contribution in [3.05, 3.63) is 23.5 Å². The number of carbonyl (C=O) groups excluding carboxylic acids is 1. The van der Waals surface area contributed by atoms with Crippen molar-refractivity contribution in [3.63, 3.8) is 0 Å². The Morgan fingerprint density at radius 3 is 3.18 bits per heavy atom. The molecule has 0 bridgehead atoms. The quantitative estimate of drug-likeness (QED) is 0.526. The summed E-state index contributed by atoms with van der Waals surface area (Å²) in [7, 11) is 1.73.